The molecule has 1 heterocycles. The summed E-state index contributed by atoms with van der Waals surface area (Å²) in [5, 5.41) is 0. The van der Waals surface area contributed by atoms with Gasteiger partial charge in [-0.15, -0.1) is 11.8 Å². The van der Waals surface area contributed by atoms with Crippen LogP contribution in [0, 0.1) is 6.92 Å². The molecule has 0 saturated heterocycles. The van der Waals surface area contributed by atoms with Crippen LogP contribution in [0.4, 0.5) is 0 Å². The molecule has 0 bridgehead atoms. The van der Waals surface area contributed by atoms with Gasteiger partial charge in [-0.3, -0.25) is 0 Å². The van der Waals surface area contributed by atoms with Crippen LogP contribution in [0.5, 0.6) is 17.2 Å². The summed E-state index contributed by atoms with van der Waals surface area (Å²) in [6, 6.07) is 17.4. The number of hydrogen-bond acceptors (Lipinski definition) is 5. The third-order valence-corrected chi connectivity index (χ3v) is 8.48. The molecule has 0 spiro atoms. The molecule has 0 aromatic heterocycles. The Hall–Kier alpha value is -2.24. The summed E-state index contributed by atoms with van der Waals surface area (Å²) < 4.78 is 18.4. The topological polar surface area (TPSA) is 27.7 Å². The lowest BCUT2D eigenvalue weighted by Gasteiger charge is -2.19. The van der Waals surface area contributed by atoms with Gasteiger partial charge in [-0.1, -0.05) is 24.3 Å². The summed E-state index contributed by atoms with van der Waals surface area (Å²) in [6.07, 6.45) is 6.42. The van der Waals surface area contributed by atoms with Gasteiger partial charge in [-0.05, 0) is 90.6 Å². The predicted octanol–water partition coefficient (Wildman–Crippen LogP) is 7.52. The van der Waals surface area contributed by atoms with E-state index in [1.807, 2.05) is 29.6 Å². The van der Waals surface area contributed by atoms with Crippen molar-refractivity contribution < 1.29 is 14.2 Å². The second kappa shape index (κ2) is 10.6. The van der Waals surface area contributed by atoms with Gasteiger partial charge in [0.25, 0.3) is 0 Å². The molecule has 0 fully saturated rings. The smallest absolute Gasteiger partial charge is 0.130 e. The van der Waals surface area contributed by atoms with E-state index >= 15 is 0 Å². The summed E-state index contributed by atoms with van der Waals surface area (Å²) in [6.45, 7) is 2.88. The minimum Gasteiger partial charge on any atom is -0.496 e. The van der Waals surface area contributed by atoms with Gasteiger partial charge in [0.2, 0.25) is 0 Å². The van der Waals surface area contributed by atoms with Gasteiger partial charge < -0.3 is 14.2 Å². The van der Waals surface area contributed by atoms with Crippen molar-refractivity contribution in [3.05, 3.63) is 70.8 Å². The van der Waals surface area contributed by atoms with Crippen LogP contribution in [-0.2, 0) is 12.8 Å². The van der Waals surface area contributed by atoms with Gasteiger partial charge in [0.05, 0.1) is 13.7 Å². The van der Waals surface area contributed by atoms with Crippen LogP contribution in [0.15, 0.2) is 53.4 Å². The maximum Gasteiger partial charge on any atom is 0.130 e. The third-order valence-electron chi connectivity index (χ3n) is 6.69. The number of aryl methyl sites for hydroxylation is 2. The van der Waals surface area contributed by atoms with E-state index in [2.05, 4.69) is 55.6 Å². The van der Waals surface area contributed by atoms with Crippen LogP contribution in [0.3, 0.4) is 0 Å². The van der Waals surface area contributed by atoms with Crippen molar-refractivity contribution in [3.63, 3.8) is 0 Å². The van der Waals surface area contributed by atoms with Crippen LogP contribution in [0.2, 0.25) is 0 Å². The third kappa shape index (κ3) is 4.78. The highest BCUT2D eigenvalue weighted by Gasteiger charge is 2.28. The lowest BCUT2D eigenvalue weighted by molar-refractivity contribution is 0.207. The van der Waals surface area contributed by atoms with E-state index in [1.165, 1.54) is 44.9 Å². The summed E-state index contributed by atoms with van der Waals surface area (Å²) >= 11 is 3.78. The second-order valence-electron chi connectivity index (χ2n) is 8.90. The van der Waals surface area contributed by atoms with E-state index in [-0.39, 0.29) is 6.10 Å². The first-order chi connectivity index (χ1) is 16.7. The van der Waals surface area contributed by atoms with Gasteiger partial charge in [0, 0.05) is 22.3 Å². The summed E-state index contributed by atoms with van der Waals surface area (Å²) in [5.41, 5.74) is 7.70. The molecule has 3 nitrogen and oxygen atoms in total. The van der Waals surface area contributed by atoms with Gasteiger partial charge in [-0.2, -0.15) is 11.8 Å². The van der Waals surface area contributed by atoms with Crippen molar-refractivity contribution in [1.82, 2.24) is 0 Å². The fraction of sp³-hybridized carbons (Fsp3) is 0.379. The lowest BCUT2D eigenvalue weighted by Crippen LogP contribution is -2.04. The second-order valence-corrected chi connectivity index (χ2v) is 11.0. The molecule has 1 aliphatic carbocycles. The molecule has 2 aliphatic rings. The molecular formula is C29H32O3S2. The molecule has 0 saturated carbocycles. The lowest BCUT2D eigenvalue weighted by atomic mass is 9.92. The van der Waals surface area contributed by atoms with Crippen LogP contribution in [0.25, 0.3) is 11.1 Å². The summed E-state index contributed by atoms with van der Waals surface area (Å²) in [4.78, 5) is 1.38. The summed E-state index contributed by atoms with van der Waals surface area (Å²) in [5.74, 6) is 5.01. The molecule has 34 heavy (non-hydrogen) atoms. The molecule has 0 amide bonds. The van der Waals surface area contributed by atoms with Gasteiger partial charge in [-0.25, -0.2) is 0 Å². The average molecular weight is 493 g/mol. The molecule has 1 aliphatic heterocycles. The van der Waals surface area contributed by atoms with Crippen molar-refractivity contribution >= 4 is 23.5 Å². The molecule has 5 rings (SSSR count). The van der Waals surface area contributed by atoms with Gasteiger partial charge >= 0.3 is 0 Å². The standard InChI is InChI=1S/C29H32O3S2/c1-19-16-22(31-13-5-14-33-3)17-27(30-2)29(19)25-7-4-6-24-23(25)10-11-26(24)32-21-9-8-20-12-15-34-28(20)18-21/h4,6-9,16-18,26H,5,10-15H2,1-3H3. The first-order valence-corrected chi connectivity index (χ1v) is 14.4. The van der Waals surface area contributed by atoms with Gasteiger partial charge in [0.1, 0.15) is 23.4 Å². The molecule has 0 radical (unpaired) electrons. The minimum absolute atomic E-state index is 0.0877. The fourth-order valence-corrected chi connectivity index (χ4v) is 6.57. The summed E-state index contributed by atoms with van der Waals surface area (Å²) in [7, 11) is 1.75. The van der Waals surface area contributed by atoms with Crippen LogP contribution < -0.4 is 14.2 Å². The van der Waals surface area contributed by atoms with Crippen molar-refractivity contribution in [1.29, 1.82) is 0 Å². The number of fused-ring (bicyclic) bond motifs is 2. The number of methoxy groups -OCH3 is 1. The minimum atomic E-state index is 0.0877. The molecule has 5 heteroatoms. The molecular weight excluding hydrogens is 460 g/mol. The zero-order chi connectivity index (χ0) is 23.5. The van der Waals surface area contributed by atoms with E-state index in [0.29, 0.717) is 0 Å². The molecule has 3 aromatic rings. The maximum absolute atomic E-state index is 6.52. The van der Waals surface area contributed by atoms with Gasteiger partial charge in [0.15, 0.2) is 0 Å². The fourth-order valence-electron chi connectivity index (χ4n) is 5.06. The van der Waals surface area contributed by atoms with Crippen molar-refractivity contribution in [3.8, 4) is 28.4 Å². The van der Waals surface area contributed by atoms with Crippen molar-refractivity contribution in [2.24, 2.45) is 0 Å². The average Bonchev–Trinajstić information content (AvgIpc) is 3.48. The Morgan fingerprint density at radius 3 is 2.82 bits per heavy atom. The Kier molecular flexibility index (Phi) is 7.31. The largest absolute Gasteiger partial charge is 0.496 e. The normalized spacial score (nSPS) is 16.3. The SMILES string of the molecule is COc1cc(OCCCSC)cc(C)c1-c1cccc2c1CCC2Oc1ccc2c(c1)SCC2. The number of thioether (sulfide) groups is 2. The van der Waals surface area contributed by atoms with E-state index < -0.39 is 0 Å². The number of hydrogen-bond donors (Lipinski definition) is 0. The number of ether oxygens (including phenoxy) is 3. The molecule has 1 unspecified atom stereocenters. The number of rotatable bonds is 9. The predicted molar refractivity (Wildman–Crippen MR) is 144 cm³/mol. The van der Waals surface area contributed by atoms with Crippen LogP contribution >= 0.6 is 23.5 Å². The molecule has 0 N–H and O–H groups in total. The maximum atomic E-state index is 6.52. The van der Waals surface area contributed by atoms with E-state index in [0.717, 1.165) is 54.4 Å². The van der Waals surface area contributed by atoms with E-state index in [4.69, 9.17) is 14.2 Å². The Bertz CT molecular complexity index is 1170. The highest BCUT2D eigenvalue weighted by Crippen LogP contribution is 2.45. The number of benzene rings is 3. The first kappa shape index (κ1) is 23.5. The van der Waals surface area contributed by atoms with Crippen LogP contribution in [-0.4, -0.2) is 31.5 Å². The van der Waals surface area contributed by atoms with Crippen molar-refractivity contribution in [2.45, 2.75) is 43.6 Å². The highest BCUT2D eigenvalue weighted by atomic mass is 32.2. The Morgan fingerprint density at radius 1 is 1.06 bits per heavy atom. The first-order valence-electron chi connectivity index (χ1n) is 12.0. The quantitative estimate of drug-likeness (QED) is 0.288. The van der Waals surface area contributed by atoms with E-state index in [1.54, 1.807) is 7.11 Å². The monoisotopic (exact) mass is 492 g/mol. The molecule has 1 atom stereocenters. The molecule has 3 aromatic carbocycles. The Labute approximate surface area is 211 Å². The van der Waals surface area contributed by atoms with Crippen LogP contribution in [0.1, 0.15) is 41.2 Å². The van der Waals surface area contributed by atoms with E-state index in [9.17, 15) is 0 Å². The zero-order valence-electron chi connectivity index (χ0n) is 20.2. The Morgan fingerprint density at radius 2 is 1.97 bits per heavy atom. The van der Waals surface area contributed by atoms with Crippen molar-refractivity contribution in [2.75, 3.05) is 31.5 Å². The zero-order valence-corrected chi connectivity index (χ0v) is 21.8. The highest BCUT2D eigenvalue weighted by molar-refractivity contribution is 7.99. The molecule has 178 valence electrons. The Balaban J connectivity index is 1.41.